The number of carbonyl (C=O) groups is 1. The smallest absolute Gasteiger partial charge is 0.300 e. The lowest BCUT2D eigenvalue weighted by atomic mass is 10.0. The fourth-order valence-corrected chi connectivity index (χ4v) is 4.72. The van der Waals surface area contributed by atoms with Crippen LogP contribution in [0, 0.1) is 5.92 Å². The number of thioether (sulfide) groups is 1. The van der Waals surface area contributed by atoms with Crippen LogP contribution in [0.15, 0.2) is 20.7 Å². The first kappa shape index (κ1) is 22.2. The summed E-state index contributed by atoms with van der Waals surface area (Å²) in [4.78, 5) is 42.7. The molecular formula is C19H24N6O3S2. The van der Waals surface area contributed by atoms with E-state index in [2.05, 4.69) is 34.3 Å². The summed E-state index contributed by atoms with van der Waals surface area (Å²) in [5.41, 5.74) is 0.351. The van der Waals surface area contributed by atoms with Gasteiger partial charge in [0.2, 0.25) is 11.0 Å². The van der Waals surface area contributed by atoms with Gasteiger partial charge in [0.05, 0.1) is 11.1 Å². The third-order valence-corrected chi connectivity index (χ3v) is 6.63. The molecule has 0 radical (unpaired) electrons. The Morgan fingerprint density at radius 2 is 1.97 bits per heavy atom. The summed E-state index contributed by atoms with van der Waals surface area (Å²) >= 11 is 2.61. The first-order valence-corrected chi connectivity index (χ1v) is 11.4. The molecule has 0 saturated heterocycles. The monoisotopic (exact) mass is 448 g/mol. The minimum atomic E-state index is -0.437. The summed E-state index contributed by atoms with van der Waals surface area (Å²) in [6.07, 6.45) is 3.15. The third-order valence-electron chi connectivity index (χ3n) is 4.49. The Hall–Kier alpha value is -2.53. The van der Waals surface area contributed by atoms with Crippen molar-refractivity contribution in [3.05, 3.63) is 37.6 Å². The molecule has 0 atom stereocenters. The van der Waals surface area contributed by atoms with Crippen LogP contribution in [0.5, 0.6) is 0 Å². The number of hydrogen-bond donors (Lipinski definition) is 1. The van der Waals surface area contributed by atoms with Crippen LogP contribution < -0.4 is 16.6 Å². The fourth-order valence-electron chi connectivity index (χ4n) is 3.03. The summed E-state index contributed by atoms with van der Waals surface area (Å²) in [6, 6.07) is 0. The van der Waals surface area contributed by atoms with Crippen molar-refractivity contribution in [2.24, 2.45) is 20.0 Å². The molecule has 3 aromatic heterocycles. The van der Waals surface area contributed by atoms with Gasteiger partial charge in [-0.3, -0.25) is 24.0 Å². The van der Waals surface area contributed by atoms with Gasteiger partial charge in [-0.2, -0.15) is 0 Å². The molecule has 160 valence electrons. The maximum Gasteiger partial charge on any atom is 0.332 e. The zero-order chi connectivity index (χ0) is 22.0. The summed E-state index contributed by atoms with van der Waals surface area (Å²) in [7, 11) is 3.03. The summed E-state index contributed by atoms with van der Waals surface area (Å²) in [5, 5.41) is 12.4. The summed E-state index contributed by atoms with van der Waals surface area (Å²) in [5.74, 6) is 0.195. The Morgan fingerprint density at radius 3 is 2.60 bits per heavy atom. The predicted molar refractivity (Wildman–Crippen MR) is 119 cm³/mol. The summed E-state index contributed by atoms with van der Waals surface area (Å²) in [6.45, 7) is 6.12. The van der Waals surface area contributed by atoms with E-state index in [9.17, 15) is 14.4 Å². The van der Waals surface area contributed by atoms with Gasteiger partial charge in [0.1, 0.15) is 10.7 Å². The van der Waals surface area contributed by atoms with Crippen LogP contribution in [-0.4, -0.2) is 36.0 Å². The van der Waals surface area contributed by atoms with Crippen LogP contribution in [0.2, 0.25) is 0 Å². The molecule has 9 nitrogen and oxygen atoms in total. The number of aryl methyl sites for hydroxylation is 2. The second-order valence-electron chi connectivity index (χ2n) is 7.31. The van der Waals surface area contributed by atoms with Crippen LogP contribution >= 0.6 is 23.1 Å². The van der Waals surface area contributed by atoms with Crippen molar-refractivity contribution >= 4 is 45.2 Å². The molecule has 0 aliphatic carbocycles. The number of pyridine rings is 1. The van der Waals surface area contributed by atoms with Crippen LogP contribution in [-0.2, 0) is 31.7 Å². The largest absolute Gasteiger partial charge is 0.332 e. The highest BCUT2D eigenvalue weighted by Crippen LogP contribution is 2.30. The van der Waals surface area contributed by atoms with Gasteiger partial charge < -0.3 is 0 Å². The standard InChI is InChI=1S/C19H24N6O3S2/c1-6-13-22-23-18(30-13)21-12(26)9-29-15-11(7-10(2)3)8-20-16-14(15)17(27)25(5)19(28)24(16)4/h8,10H,6-7,9H2,1-5H3,(H,21,23,26). The van der Waals surface area contributed by atoms with E-state index in [-0.39, 0.29) is 11.7 Å². The van der Waals surface area contributed by atoms with Gasteiger partial charge in [0.15, 0.2) is 0 Å². The molecular weight excluding hydrogens is 424 g/mol. The molecule has 3 heterocycles. The minimum absolute atomic E-state index is 0.0945. The van der Waals surface area contributed by atoms with Crippen LogP contribution in [0.3, 0.4) is 0 Å². The summed E-state index contributed by atoms with van der Waals surface area (Å²) < 4.78 is 2.42. The normalized spacial score (nSPS) is 11.4. The predicted octanol–water partition coefficient (Wildman–Crippen LogP) is 1.98. The number of rotatable bonds is 7. The van der Waals surface area contributed by atoms with Gasteiger partial charge >= 0.3 is 5.69 Å². The van der Waals surface area contributed by atoms with Crippen LogP contribution in [0.4, 0.5) is 5.13 Å². The fraction of sp³-hybridized carbons (Fsp3) is 0.474. The van der Waals surface area contributed by atoms with E-state index in [0.717, 1.165) is 21.6 Å². The first-order chi connectivity index (χ1) is 14.2. The van der Waals surface area contributed by atoms with Crippen molar-refractivity contribution in [2.75, 3.05) is 11.1 Å². The van der Waals surface area contributed by atoms with E-state index in [1.165, 1.54) is 34.7 Å². The average Bonchev–Trinajstić information content (AvgIpc) is 3.16. The van der Waals surface area contributed by atoms with E-state index in [4.69, 9.17) is 0 Å². The molecule has 0 aliphatic rings. The highest BCUT2D eigenvalue weighted by atomic mass is 32.2. The number of carbonyl (C=O) groups excluding carboxylic acids is 1. The Bertz CT molecular complexity index is 1210. The second-order valence-corrected chi connectivity index (χ2v) is 9.35. The molecule has 30 heavy (non-hydrogen) atoms. The Morgan fingerprint density at radius 1 is 1.23 bits per heavy atom. The SMILES string of the molecule is CCc1nnc(NC(=O)CSc2c(CC(C)C)cnc3c2c(=O)n(C)c(=O)n3C)s1. The van der Waals surface area contributed by atoms with Gasteiger partial charge in [-0.25, -0.2) is 9.78 Å². The zero-order valence-electron chi connectivity index (χ0n) is 17.6. The van der Waals surface area contributed by atoms with Gasteiger partial charge in [-0.1, -0.05) is 32.1 Å². The first-order valence-electron chi connectivity index (χ1n) is 9.55. The molecule has 0 saturated carbocycles. The lowest BCUT2D eigenvalue weighted by molar-refractivity contribution is -0.113. The maximum atomic E-state index is 12.9. The van der Waals surface area contributed by atoms with Crippen molar-refractivity contribution < 1.29 is 4.79 Å². The van der Waals surface area contributed by atoms with Gasteiger partial charge in [-0.15, -0.1) is 22.0 Å². The molecule has 0 bridgehead atoms. The van der Waals surface area contributed by atoms with E-state index >= 15 is 0 Å². The third kappa shape index (κ3) is 4.46. The molecule has 3 rings (SSSR count). The average molecular weight is 449 g/mol. The van der Waals surface area contributed by atoms with Gasteiger partial charge in [0.25, 0.3) is 5.56 Å². The number of nitrogens with one attached hydrogen (secondary N) is 1. The van der Waals surface area contributed by atoms with Crippen LogP contribution in [0.1, 0.15) is 31.3 Å². The highest BCUT2D eigenvalue weighted by molar-refractivity contribution is 8.00. The molecule has 3 aromatic rings. The van der Waals surface area contributed by atoms with Crippen molar-refractivity contribution in [3.63, 3.8) is 0 Å². The van der Waals surface area contributed by atoms with Gasteiger partial charge in [0, 0.05) is 25.2 Å². The van der Waals surface area contributed by atoms with E-state index in [1.54, 1.807) is 13.2 Å². The molecule has 11 heteroatoms. The Kier molecular flexibility index (Phi) is 6.71. The number of nitrogens with zero attached hydrogens (tertiary/aromatic N) is 5. The molecule has 1 amide bonds. The zero-order valence-corrected chi connectivity index (χ0v) is 19.2. The van der Waals surface area contributed by atoms with Crippen molar-refractivity contribution in [3.8, 4) is 0 Å². The quantitative estimate of drug-likeness (QED) is 0.550. The molecule has 0 fully saturated rings. The van der Waals surface area contributed by atoms with Crippen molar-refractivity contribution in [2.45, 2.75) is 38.5 Å². The topological polar surface area (TPSA) is 112 Å². The molecule has 0 aliphatic heterocycles. The number of hydrogen-bond acceptors (Lipinski definition) is 8. The van der Waals surface area contributed by atoms with Crippen molar-refractivity contribution in [1.82, 2.24) is 24.3 Å². The number of aromatic nitrogens is 5. The van der Waals surface area contributed by atoms with E-state index in [1.807, 2.05) is 6.92 Å². The maximum absolute atomic E-state index is 12.9. The highest BCUT2D eigenvalue weighted by Gasteiger charge is 2.19. The molecule has 0 spiro atoms. The number of fused-ring (bicyclic) bond motifs is 1. The van der Waals surface area contributed by atoms with E-state index < -0.39 is 11.2 Å². The second kappa shape index (κ2) is 9.09. The van der Waals surface area contributed by atoms with Crippen LogP contribution in [0.25, 0.3) is 11.0 Å². The number of amides is 1. The molecule has 0 unspecified atom stereocenters. The van der Waals surface area contributed by atoms with Crippen molar-refractivity contribution in [1.29, 1.82) is 0 Å². The van der Waals surface area contributed by atoms with E-state index in [0.29, 0.717) is 33.4 Å². The Labute approximate surface area is 181 Å². The van der Waals surface area contributed by atoms with Gasteiger partial charge in [-0.05, 0) is 24.3 Å². The Balaban J connectivity index is 1.98. The lowest BCUT2D eigenvalue weighted by Crippen LogP contribution is -2.37. The lowest BCUT2D eigenvalue weighted by Gasteiger charge is -2.15. The number of anilines is 1. The molecule has 1 N–H and O–H groups in total. The molecule has 0 aromatic carbocycles. The minimum Gasteiger partial charge on any atom is -0.300 e.